The van der Waals surface area contributed by atoms with Crippen molar-refractivity contribution in [2.45, 2.75) is 32.6 Å². The highest BCUT2D eigenvalue weighted by Crippen LogP contribution is 2.27. The number of nitrogens with zero attached hydrogens (tertiary/aromatic N) is 4. The van der Waals surface area contributed by atoms with Gasteiger partial charge in [-0.25, -0.2) is 0 Å². The molecule has 29 heavy (non-hydrogen) atoms. The Balaban J connectivity index is 0.00000300. The van der Waals surface area contributed by atoms with Crippen molar-refractivity contribution in [1.29, 1.82) is 0 Å². The monoisotopic (exact) mass is 526 g/mol. The van der Waals surface area contributed by atoms with Crippen LogP contribution in [-0.4, -0.2) is 40.7 Å². The Morgan fingerprint density at radius 3 is 2.76 bits per heavy atom. The number of pyridine rings is 1. The molecule has 9 heteroatoms. The predicted octanol–water partition coefficient (Wildman–Crippen LogP) is 3.89. The molecule has 0 aliphatic heterocycles. The summed E-state index contributed by atoms with van der Waals surface area (Å²) in [5.41, 5.74) is 0.682. The average Bonchev–Trinajstić information content (AvgIpc) is 3.39. The van der Waals surface area contributed by atoms with E-state index in [2.05, 4.69) is 64.0 Å². The molecule has 2 N–H and O–H groups in total. The maximum absolute atomic E-state index is 5.29. The van der Waals surface area contributed by atoms with E-state index in [0.29, 0.717) is 36.9 Å². The van der Waals surface area contributed by atoms with Crippen LogP contribution in [0.15, 0.2) is 51.4 Å². The van der Waals surface area contributed by atoms with Crippen molar-refractivity contribution < 1.29 is 4.52 Å². The lowest BCUT2D eigenvalue weighted by atomic mass is 9.92. The van der Waals surface area contributed by atoms with Crippen LogP contribution in [0.25, 0.3) is 11.6 Å². The van der Waals surface area contributed by atoms with Gasteiger partial charge in [-0.15, -0.1) is 35.3 Å². The normalized spacial score (nSPS) is 11.8. The number of aliphatic imine (C=N–C) groups is 1. The van der Waals surface area contributed by atoms with Gasteiger partial charge in [0.25, 0.3) is 5.89 Å². The lowest BCUT2D eigenvalue weighted by Crippen LogP contribution is -2.39. The molecule has 0 aromatic carbocycles. The van der Waals surface area contributed by atoms with E-state index in [-0.39, 0.29) is 29.4 Å². The minimum atomic E-state index is 0. The van der Waals surface area contributed by atoms with Gasteiger partial charge < -0.3 is 15.2 Å². The standard InChI is InChI=1S/C20H26N6OS.HI/c1-4-21-19(24-14-20(2,3)16-9-7-13-28-16)23-12-10-17-25-18(27-26-17)15-8-5-6-11-22-15;/h5-9,11,13H,4,10,12,14H2,1-3H3,(H2,21,23,24);1H. The third kappa shape index (κ3) is 6.77. The summed E-state index contributed by atoms with van der Waals surface area (Å²) in [6.45, 7) is 8.65. The van der Waals surface area contributed by atoms with Crippen LogP contribution in [0, 0.1) is 0 Å². The largest absolute Gasteiger partial charge is 0.357 e. The molecule has 156 valence electrons. The highest BCUT2D eigenvalue weighted by molar-refractivity contribution is 14.0. The molecular weight excluding hydrogens is 499 g/mol. The molecule has 0 amide bonds. The molecule has 0 aliphatic rings. The summed E-state index contributed by atoms with van der Waals surface area (Å²) in [6.07, 6.45) is 2.34. The zero-order valence-corrected chi connectivity index (χ0v) is 20.0. The first-order valence-corrected chi connectivity index (χ1v) is 10.3. The van der Waals surface area contributed by atoms with Gasteiger partial charge in [0.1, 0.15) is 5.69 Å². The summed E-state index contributed by atoms with van der Waals surface area (Å²) >= 11 is 1.77. The smallest absolute Gasteiger partial charge is 0.276 e. The molecule has 0 aliphatic carbocycles. The van der Waals surface area contributed by atoms with Crippen molar-refractivity contribution in [2.24, 2.45) is 4.99 Å². The molecule has 3 aromatic rings. The molecule has 0 saturated heterocycles. The van der Waals surface area contributed by atoms with Gasteiger partial charge in [0.15, 0.2) is 11.8 Å². The summed E-state index contributed by atoms with van der Waals surface area (Å²) in [5, 5.41) is 12.8. The average molecular weight is 526 g/mol. The van der Waals surface area contributed by atoms with E-state index in [1.54, 1.807) is 17.5 Å². The molecule has 7 nitrogen and oxygen atoms in total. The molecule has 0 atom stereocenters. The lowest BCUT2D eigenvalue weighted by molar-refractivity contribution is 0.421. The van der Waals surface area contributed by atoms with Gasteiger partial charge in [-0.05, 0) is 30.5 Å². The molecule has 0 radical (unpaired) electrons. The molecule has 3 aromatic heterocycles. The second kappa shape index (κ2) is 11.2. The highest BCUT2D eigenvalue weighted by Gasteiger charge is 2.21. The van der Waals surface area contributed by atoms with Crippen molar-refractivity contribution in [1.82, 2.24) is 25.8 Å². The molecule has 0 saturated carbocycles. The van der Waals surface area contributed by atoms with Crippen LogP contribution >= 0.6 is 35.3 Å². The predicted molar refractivity (Wildman–Crippen MR) is 128 cm³/mol. The Bertz CT molecular complexity index is 880. The number of thiophene rings is 1. The van der Waals surface area contributed by atoms with E-state index in [0.717, 1.165) is 12.5 Å². The van der Waals surface area contributed by atoms with Crippen LogP contribution in [0.4, 0.5) is 0 Å². The number of hydrogen-bond donors (Lipinski definition) is 2. The number of aromatic nitrogens is 3. The molecular formula is C20H27IN6OS. The highest BCUT2D eigenvalue weighted by atomic mass is 127. The van der Waals surface area contributed by atoms with E-state index < -0.39 is 0 Å². The van der Waals surface area contributed by atoms with Crippen LogP contribution in [0.1, 0.15) is 31.5 Å². The summed E-state index contributed by atoms with van der Waals surface area (Å²) < 4.78 is 5.29. The van der Waals surface area contributed by atoms with Crippen molar-refractivity contribution in [3.8, 4) is 11.6 Å². The molecule has 3 heterocycles. The summed E-state index contributed by atoms with van der Waals surface area (Å²) in [5.74, 6) is 1.87. The topological polar surface area (TPSA) is 88.2 Å². The van der Waals surface area contributed by atoms with Gasteiger partial charge in [-0.3, -0.25) is 9.98 Å². The first-order chi connectivity index (χ1) is 13.6. The maximum Gasteiger partial charge on any atom is 0.276 e. The molecule has 0 fully saturated rings. The van der Waals surface area contributed by atoms with Crippen LogP contribution in [0.2, 0.25) is 0 Å². The second-order valence-electron chi connectivity index (χ2n) is 6.96. The molecule has 0 spiro atoms. The first kappa shape index (κ1) is 23.3. The van der Waals surface area contributed by atoms with Crippen molar-refractivity contribution in [2.75, 3.05) is 19.6 Å². The maximum atomic E-state index is 5.29. The van der Waals surface area contributed by atoms with Gasteiger partial charge in [-0.2, -0.15) is 4.98 Å². The summed E-state index contributed by atoms with van der Waals surface area (Å²) in [7, 11) is 0. The van der Waals surface area contributed by atoms with E-state index >= 15 is 0 Å². The number of nitrogens with one attached hydrogen (secondary N) is 2. The van der Waals surface area contributed by atoms with Crippen LogP contribution in [0.5, 0.6) is 0 Å². The van der Waals surface area contributed by atoms with Crippen LogP contribution in [-0.2, 0) is 11.8 Å². The van der Waals surface area contributed by atoms with Gasteiger partial charge in [0.05, 0.1) is 6.54 Å². The van der Waals surface area contributed by atoms with Gasteiger partial charge in [0.2, 0.25) is 0 Å². The third-order valence-corrected chi connectivity index (χ3v) is 5.39. The minimum absolute atomic E-state index is 0. The lowest BCUT2D eigenvalue weighted by Gasteiger charge is -2.21. The van der Waals surface area contributed by atoms with E-state index in [9.17, 15) is 0 Å². The number of hydrogen-bond acceptors (Lipinski definition) is 6. The third-order valence-electron chi connectivity index (χ3n) is 4.16. The van der Waals surface area contributed by atoms with Gasteiger partial charge >= 0.3 is 0 Å². The summed E-state index contributed by atoms with van der Waals surface area (Å²) in [4.78, 5) is 14.7. The van der Waals surface area contributed by atoms with Crippen LogP contribution in [0.3, 0.4) is 0 Å². The van der Waals surface area contributed by atoms with Crippen molar-refractivity contribution >= 4 is 41.3 Å². The Hall–Kier alpha value is -2.01. The SMILES string of the molecule is CCNC(=NCC(C)(C)c1cccs1)NCCc1noc(-c2ccccn2)n1.I. The van der Waals surface area contributed by atoms with Crippen molar-refractivity contribution in [3.05, 3.63) is 52.6 Å². The Kier molecular flexibility index (Phi) is 9.02. The zero-order chi connectivity index (χ0) is 19.8. The van der Waals surface area contributed by atoms with Crippen molar-refractivity contribution in [3.63, 3.8) is 0 Å². The molecule has 3 rings (SSSR count). The number of halogens is 1. The zero-order valence-electron chi connectivity index (χ0n) is 16.9. The Morgan fingerprint density at radius 1 is 1.21 bits per heavy atom. The van der Waals surface area contributed by atoms with E-state index in [1.807, 2.05) is 18.2 Å². The number of guanidine groups is 1. The Labute approximate surface area is 192 Å². The fraction of sp³-hybridized carbons (Fsp3) is 0.400. The van der Waals surface area contributed by atoms with E-state index in [4.69, 9.17) is 9.52 Å². The minimum Gasteiger partial charge on any atom is -0.357 e. The van der Waals surface area contributed by atoms with Gasteiger partial charge in [0, 0.05) is 36.0 Å². The van der Waals surface area contributed by atoms with Gasteiger partial charge in [-0.1, -0.05) is 31.1 Å². The summed E-state index contributed by atoms with van der Waals surface area (Å²) in [6, 6.07) is 9.84. The number of rotatable bonds is 8. The van der Waals surface area contributed by atoms with E-state index in [1.165, 1.54) is 4.88 Å². The molecule has 0 bridgehead atoms. The molecule has 0 unspecified atom stereocenters. The fourth-order valence-electron chi connectivity index (χ4n) is 2.60. The quantitative estimate of drug-likeness (QED) is 0.263. The second-order valence-corrected chi connectivity index (χ2v) is 7.91. The Morgan fingerprint density at radius 2 is 2.07 bits per heavy atom. The first-order valence-electron chi connectivity index (χ1n) is 9.38. The van der Waals surface area contributed by atoms with Crippen LogP contribution < -0.4 is 10.6 Å². The fourth-order valence-corrected chi connectivity index (χ4v) is 3.45.